The molecule has 0 saturated heterocycles. The number of para-hydroxylation sites is 1. The van der Waals surface area contributed by atoms with Gasteiger partial charge in [-0.1, -0.05) is 18.2 Å². The van der Waals surface area contributed by atoms with E-state index in [9.17, 15) is 14.4 Å². The topological polar surface area (TPSA) is 123 Å². The predicted octanol–water partition coefficient (Wildman–Crippen LogP) is 2.03. The van der Waals surface area contributed by atoms with Crippen LogP contribution in [0.1, 0.15) is 39.5 Å². The summed E-state index contributed by atoms with van der Waals surface area (Å²) >= 11 is 0. The number of rotatable bonds is 3. The number of aromatic nitrogens is 5. The summed E-state index contributed by atoms with van der Waals surface area (Å²) in [6.07, 6.45) is 2.31. The molecule has 0 saturated carbocycles. The molecule has 31 heavy (non-hydrogen) atoms. The molecule has 0 fully saturated rings. The summed E-state index contributed by atoms with van der Waals surface area (Å²) in [6.45, 7) is 1.67. The summed E-state index contributed by atoms with van der Waals surface area (Å²) in [5, 5.41) is 3.23. The Morgan fingerprint density at radius 2 is 1.97 bits per heavy atom. The molecule has 0 radical (unpaired) electrons. The number of carbonyl (C=O) groups excluding carboxylic acids is 1. The van der Waals surface area contributed by atoms with Crippen molar-refractivity contribution in [3.63, 3.8) is 0 Å². The van der Waals surface area contributed by atoms with Crippen LogP contribution in [0.2, 0.25) is 0 Å². The van der Waals surface area contributed by atoms with Crippen LogP contribution in [0.5, 0.6) is 5.75 Å². The lowest BCUT2D eigenvalue weighted by Crippen LogP contribution is -2.24. The zero-order chi connectivity index (χ0) is 21.7. The third-order valence-corrected chi connectivity index (χ3v) is 5.65. The number of nitrogens with one attached hydrogen (secondary N) is 2. The molecule has 1 aromatic carbocycles. The van der Waals surface area contributed by atoms with E-state index in [4.69, 9.17) is 4.74 Å². The van der Waals surface area contributed by atoms with E-state index in [1.54, 1.807) is 14.0 Å². The van der Waals surface area contributed by atoms with E-state index in [1.807, 2.05) is 24.3 Å². The number of ether oxygens (including phenoxy) is 1. The van der Waals surface area contributed by atoms with Crippen molar-refractivity contribution < 1.29 is 9.53 Å². The number of aryl methyl sites for hydroxylation is 1. The van der Waals surface area contributed by atoms with E-state index in [1.165, 1.54) is 12.3 Å². The van der Waals surface area contributed by atoms with Gasteiger partial charge < -0.3 is 4.74 Å². The fraction of sp³-hybridized carbons (Fsp3) is 0.227. The van der Waals surface area contributed by atoms with Crippen molar-refractivity contribution in [3.8, 4) is 11.7 Å². The van der Waals surface area contributed by atoms with Crippen molar-refractivity contribution in [1.82, 2.24) is 24.7 Å². The summed E-state index contributed by atoms with van der Waals surface area (Å²) in [4.78, 5) is 49.2. The van der Waals surface area contributed by atoms with Gasteiger partial charge in [-0.15, -0.1) is 0 Å². The molecule has 5 rings (SSSR count). The Hall–Kier alpha value is -4.01. The first-order valence-electron chi connectivity index (χ1n) is 9.83. The maximum Gasteiger partial charge on any atom is 0.283 e. The van der Waals surface area contributed by atoms with Crippen LogP contribution in [-0.2, 0) is 6.42 Å². The lowest BCUT2D eigenvalue weighted by molar-refractivity contribution is 0.0964. The van der Waals surface area contributed by atoms with Crippen molar-refractivity contribution in [1.29, 1.82) is 0 Å². The lowest BCUT2D eigenvalue weighted by Gasteiger charge is -2.25. The number of Topliss-reactive ketones (excluding diaryl/α,β-unsaturated/α-hetero) is 1. The van der Waals surface area contributed by atoms with Crippen molar-refractivity contribution in [2.45, 2.75) is 25.7 Å². The van der Waals surface area contributed by atoms with Crippen LogP contribution >= 0.6 is 0 Å². The van der Waals surface area contributed by atoms with Crippen LogP contribution in [0.25, 0.3) is 17.0 Å². The molecule has 2 N–H and O–H groups in total. The molecule has 1 atom stereocenters. The summed E-state index contributed by atoms with van der Waals surface area (Å²) in [7, 11) is 1.60. The number of ketones is 1. The molecule has 156 valence electrons. The van der Waals surface area contributed by atoms with Crippen molar-refractivity contribution in [2.24, 2.45) is 0 Å². The summed E-state index contributed by atoms with van der Waals surface area (Å²) < 4.78 is 6.64. The molecule has 4 aromatic rings. The monoisotopic (exact) mass is 417 g/mol. The smallest absolute Gasteiger partial charge is 0.283 e. The van der Waals surface area contributed by atoms with Crippen molar-refractivity contribution >= 4 is 16.8 Å². The molecule has 9 nitrogen and oxygen atoms in total. The van der Waals surface area contributed by atoms with Gasteiger partial charge in [0.25, 0.3) is 11.1 Å². The van der Waals surface area contributed by atoms with E-state index >= 15 is 0 Å². The van der Waals surface area contributed by atoms with Gasteiger partial charge in [0, 0.05) is 29.9 Å². The average Bonchev–Trinajstić information content (AvgIpc) is 3.10. The summed E-state index contributed by atoms with van der Waals surface area (Å²) in [5.41, 5.74) is 2.05. The SMILES string of the molecule is COc1ccccc1[C@H]1CC(=O)c2cnc3[nH]n(-c4nc(C)cc(=O)[nH]4)c(=O)c3c2C1. The van der Waals surface area contributed by atoms with E-state index in [-0.39, 0.29) is 23.2 Å². The molecule has 3 heterocycles. The van der Waals surface area contributed by atoms with E-state index < -0.39 is 5.56 Å². The van der Waals surface area contributed by atoms with E-state index in [2.05, 4.69) is 20.1 Å². The van der Waals surface area contributed by atoms with Crippen LogP contribution in [0.15, 0.2) is 46.1 Å². The molecule has 0 bridgehead atoms. The Morgan fingerprint density at radius 1 is 1.16 bits per heavy atom. The molecule has 0 amide bonds. The van der Waals surface area contributed by atoms with Gasteiger partial charge in [0.2, 0.25) is 5.95 Å². The highest BCUT2D eigenvalue weighted by molar-refractivity contribution is 6.02. The molecule has 1 aliphatic carbocycles. The lowest BCUT2D eigenvalue weighted by atomic mass is 9.79. The van der Waals surface area contributed by atoms with E-state index in [0.717, 1.165) is 10.2 Å². The normalized spacial score (nSPS) is 15.8. The standard InChI is InChI=1S/C22H19N5O4/c1-11-7-18(29)25-22(24-11)27-21(30)19-14-8-12(13-5-3-4-6-17(13)31-2)9-16(28)15(14)10-23-20(19)26-27/h3-7,10,12H,8-9H2,1-2H3,(H,23,26)(H,24,25,29)/t12-/m1/s1. The first-order valence-corrected chi connectivity index (χ1v) is 9.83. The Kier molecular flexibility index (Phi) is 4.32. The highest BCUT2D eigenvalue weighted by Gasteiger charge is 2.31. The Bertz CT molecular complexity index is 1460. The number of hydrogen-bond donors (Lipinski definition) is 2. The van der Waals surface area contributed by atoms with Crippen molar-refractivity contribution in [3.05, 3.63) is 79.6 Å². The molecule has 1 aliphatic rings. The minimum absolute atomic E-state index is 0.0687. The third-order valence-electron chi connectivity index (χ3n) is 5.65. The minimum atomic E-state index is -0.415. The second kappa shape index (κ2) is 7.05. The predicted molar refractivity (Wildman–Crippen MR) is 113 cm³/mol. The zero-order valence-corrected chi connectivity index (χ0v) is 16.9. The summed E-state index contributed by atoms with van der Waals surface area (Å²) in [5.74, 6) is 0.592. The van der Waals surface area contributed by atoms with Gasteiger partial charge in [0.05, 0.1) is 12.5 Å². The van der Waals surface area contributed by atoms with Crippen LogP contribution in [0.4, 0.5) is 0 Å². The van der Waals surface area contributed by atoms with Gasteiger partial charge >= 0.3 is 0 Å². The molecule has 3 aromatic heterocycles. The molecular formula is C22H19N5O4. The first-order chi connectivity index (χ1) is 15.0. The molecule has 0 unspecified atom stereocenters. The second-order valence-corrected chi connectivity index (χ2v) is 7.61. The highest BCUT2D eigenvalue weighted by atomic mass is 16.5. The number of fused-ring (bicyclic) bond motifs is 3. The van der Waals surface area contributed by atoms with Crippen LogP contribution in [0.3, 0.4) is 0 Å². The van der Waals surface area contributed by atoms with Gasteiger partial charge in [-0.05, 0) is 36.5 Å². The number of hydrogen-bond acceptors (Lipinski definition) is 6. The van der Waals surface area contributed by atoms with Gasteiger partial charge in [-0.25, -0.2) is 9.97 Å². The largest absolute Gasteiger partial charge is 0.496 e. The third kappa shape index (κ3) is 3.05. The highest BCUT2D eigenvalue weighted by Crippen LogP contribution is 2.38. The average molecular weight is 417 g/mol. The van der Waals surface area contributed by atoms with Gasteiger partial charge in [-0.3, -0.25) is 24.5 Å². The molecule has 0 aliphatic heterocycles. The number of methoxy groups -OCH3 is 1. The minimum Gasteiger partial charge on any atom is -0.496 e. The molecule has 9 heteroatoms. The van der Waals surface area contributed by atoms with Crippen LogP contribution in [-0.4, -0.2) is 37.6 Å². The van der Waals surface area contributed by atoms with Crippen LogP contribution in [0, 0.1) is 6.92 Å². The zero-order valence-electron chi connectivity index (χ0n) is 16.9. The van der Waals surface area contributed by atoms with E-state index in [0.29, 0.717) is 46.4 Å². The number of aromatic amines is 2. The number of pyridine rings is 1. The Balaban J connectivity index is 1.69. The maximum atomic E-state index is 13.3. The Labute approximate surface area is 175 Å². The van der Waals surface area contributed by atoms with Crippen LogP contribution < -0.4 is 15.9 Å². The Morgan fingerprint density at radius 3 is 2.74 bits per heavy atom. The quantitative estimate of drug-likeness (QED) is 0.526. The number of H-pyrrole nitrogens is 2. The molecular weight excluding hydrogens is 398 g/mol. The summed E-state index contributed by atoms with van der Waals surface area (Å²) in [6, 6.07) is 8.93. The fourth-order valence-electron chi connectivity index (χ4n) is 4.28. The fourth-order valence-corrected chi connectivity index (χ4v) is 4.28. The van der Waals surface area contributed by atoms with Crippen molar-refractivity contribution in [2.75, 3.05) is 7.11 Å². The number of carbonyl (C=O) groups is 1. The number of benzene rings is 1. The van der Waals surface area contributed by atoms with Gasteiger partial charge in [-0.2, -0.15) is 4.68 Å². The molecule has 0 spiro atoms. The van der Waals surface area contributed by atoms with Gasteiger partial charge in [0.15, 0.2) is 11.4 Å². The second-order valence-electron chi connectivity index (χ2n) is 7.61. The first kappa shape index (κ1) is 19.0. The maximum absolute atomic E-state index is 13.3. The number of nitrogens with zero attached hydrogens (tertiary/aromatic N) is 3. The van der Waals surface area contributed by atoms with Gasteiger partial charge in [0.1, 0.15) is 5.75 Å².